The summed E-state index contributed by atoms with van der Waals surface area (Å²) in [6, 6.07) is 5.86. The molecule has 0 aliphatic rings. The summed E-state index contributed by atoms with van der Waals surface area (Å²) in [4.78, 5) is 4.02. The summed E-state index contributed by atoms with van der Waals surface area (Å²) in [5, 5.41) is 2.94. The van der Waals surface area contributed by atoms with Gasteiger partial charge in [-0.25, -0.2) is 12.7 Å². The fraction of sp³-hybridized carbons (Fsp3) is 0.462. The van der Waals surface area contributed by atoms with E-state index in [1.54, 1.807) is 0 Å². The fourth-order valence-electron chi connectivity index (χ4n) is 1.47. The first-order valence-corrected chi connectivity index (χ1v) is 7.87. The van der Waals surface area contributed by atoms with E-state index in [4.69, 9.17) is 5.73 Å². The molecule has 0 heterocycles. The fourth-order valence-corrected chi connectivity index (χ4v) is 2.16. The number of aryl methyl sites for hydroxylation is 2. The Morgan fingerprint density at radius 1 is 1.30 bits per heavy atom. The number of benzene rings is 1. The van der Waals surface area contributed by atoms with Crippen LogP contribution in [-0.2, 0) is 10.0 Å². The quantitative estimate of drug-likeness (QED) is 0.625. The van der Waals surface area contributed by atoms with Crippen molar-refractivity contribution in [2.24, 2.45) is 10.7 Å². The van der Waals surface area contributed by atoms with Crippen LogP contribution in [0.15, 0.2) is 23.2 Å². The highest BCUT2D eigenvalue weighted by Crippen LogP contribution is 2.13. The van der Waals surface area contributed by atoms with Crippen LogP contribution in [-0.4, -0.2) is 45.1 Å². The van der Waals surface area contributed by atoms with Gasteiger partial charge in [-0.05, 0) is 37.1 Å². The molecule has 0 amide bonds. The molecule has 0 aliphatic heterocycles. The largest absolute Gasteiger partial charge is 0.370 e. The molecule has 3 N–H and O–H groups in total. The van der Waals surface area contributed by atoms with Crippen LogP contribution in [0.5, 0.6) is 0 Å². The molecule has 1 aromatic rings. The smallest absolute Gasteiger partial charge is 0.215 e. The van der Waals surface area contributed by atoms with Crippen LogP contribution in [0.25, 0.3) is 0 Å². The van der Waals surface area contributed by atoms with E-state index < -0.39 is 10.0 Å². The average Bonchev–Trinajstić information content (AvgIpc) is 2.33. The molecule has 0 saturated heterocycles. The molecule has 112 valence electrons. The van der Waals surface area contributed by atoms with Crippen LogP contribution < -0.4 is 11.1 Å². The van der Waals surface area contributed by atoms with Gasteiger partial charge >= 0.3 is 0 Å². The lowest BCUT2D eigenvalue weighted by Gasteiger charge is -2.10. The van der Waals surface area contributed by atoms with Gasteiger partial charge in [0.15, 0.2) is 5.96 Å². The molecular formula is C13H22N4O2S. The predicted molar refractivity (Wildman–Crippen MR) is 83.5 cm³/mol. The van der Waals surface area contributed by atoms with Crippen LogP contribution in [0.4, 0.5) is 5.69 Å². The topological polar surface area (TPSA) is 87.8 Å². The molecule has 1 rings (SSSR count). The summed E-state index contributed by atoms with van der Waals surface area (Å²) in [6.45, 7) is 4.17. The monoisotopic (exact) mass is 298 g/mol. The van der Waals surface area contributed by atoms with Crippen LogP contribution >= 0.6 is 0 Å². The predicted octanol–water partition coefficient (Wildman–Crippen LogP) is 0.921. The van der Waals surface area contributed by atoms with E-state index in [-0.39, 0.29) is 18.3 Å². The van der Waals surface area contributed by atoms with Crippen molar-refractivity contribution >= 4 is 21.7 Å². The zero-order chi connectivity index (χ0) is 15.3. The number of hydrogen-bond acceptors (Lipinski definition) is 3. The first-order valence-electron chi connectivity index (χ1n) is 6.27. The Morgan fingerprint density at radius 3 is 2.50 bits per heavy atom. The zero-order valence-corrected chi connectivity index (χ0v) is 13.2. The van der Waals surface area contributed by atoms with Crippen molar-refractivity contribution in [1.29, 1.82) is 0 Å². The van der Waals surface area contributed by atoms with Gasteiger partial charge in [0.1, 0.15) is 0 Å². The van der Waals surface area contributed by atoms with Crippen molar-refractivity contribution in [2.45, 2.75) is 13.8 Å². The van der Waals surface area contributed by atoms with Crippen LogP contribution in [0.2, 0.25) is 0 Å². The van der Waals surface area contributed by atoms with Gasteiger partial charge in [0.2, 0.25) is 10.0 Å². The molecule has 0 unspecified atom stereocenters. The van der Waals surface area contributed by atoms with Gasteiger partial charge in [0.05, 0.1) is 12.3 Å². The maximum atomic E-state index is 11.5. The number of nitrogens with one attached hydrogen (secondary N) is 1. The molecule has 0 saturated carbocycles. The molecular weight excluding hydrogens is 276 g/mol. The molecule has 0 radical (unpaired) electrons. The van der Waals surface area contributed by atoms with Crippen molar-refractivity contribution in [1.82, 2.24) is 4.31 Å². The summed E-state index contributed by atoms with van der Waals surface area (Å²) >= 11 is 0. The molecule has 20 heavy (non-hydrogen) atoms. The molecule has 0 aromatic heterocycles. The number of rotatable bonds is 5. The second-order valence-corrected chi connectivity index (χ2v) is 7.09. The van der Waals surface area contributed by atoms with Gasteiger partial charge in [0.25, 0.3) is 0 Å². The lowest BCUT2D eigenvalue weighted by Crippen LogP contribution is -2.28. The summed E-state index contributed by atoms with van der Waals surface area (Å²) in [5.41, 5.74) is 8.92. The van der Waals surface area contributed by atoms with Gasteiger partial charge < -0.3 is 11.1 Å². The zero-order valence-electron chi connectivity index (χ0n) is 12.3. The molecule has 0 bridgehead atoms. The van der Waals surface area contributed by atoms with E-state index in [9.17, 15) is 8.42 Å². The van der Waals surface area contributed by atoms with Crippen LogP contribution in [0.1, 0.15) is 11.1 Å². The Labute approximate surface area is 120 Å². The van der Waals surface area contributed by atoms with E-state index in [1.165, 1.54) is 24.0 Å². The second-order valence-electron chi connectivity index (χ2n) is 4.79. The molecule has 0 aliphatic carbocycles. The van der Waals surface area contributed by atoms with Gasteiger partial charge in [0, 0.05) is 19.8 Å². The highest BCUT2D eigenvalue weighted by Gasteiger charge is 2.12. The third-order valence-electron chi connectivity index (χ3n) is 2.97. The van der Waals surface area contributed by atoms with E-state index >= 15 is 0 Å². The summed E-state index contributed by atoms with van der Waals surface area (Å²) in [6.07, 6.45) is 0. The lowest BCUT2D eigenvalue weighted by molar-refractivity contribution is 0.521. The number of nitrogens with two attached hydrogens (primary N) is 1. The standard InChI is InChI=1S/C13H22N4O2S/c1-10-5-6-12(9-11(10)2)16-13(14)15-7-8-20(18,19)17(3)4/h5-6,9H,7-8H2,1-4H3,(H3,14,15,16). The number of aliphatic imine (C=N–C) groups is 1. The van der Waals surface area contributed by atoms with Gasteiger partial charge in [-0.1, -0.05) is 6.07 Å². The summed E-state index contributed by atoms with van der Waals surface area (Å²) in [5.74, 6) is 0.150. The minimum absolute atomic E-state index is 0.0602. The average molecular weight is 298 g/mol. The van der Waals surface area contributed by atoms with Crippen LogP contribution in [0, 0.1) is 13.8 Å². The lowest BCUT2D eigenvalue weighted by atomic mass is 10.1. The van der Waals surface area contributed by atoms with Crippen molar-refractivity contribution in [3.05, 3.63) is 29.3 Å². The molecule has 6 nitrogen and oxygen atoms in total. The number of anilines is 1. The first kappa shape index (κ1) is 16.5. The number of sulfonamides is 1. The summed E-state index contributed by atoms with van der Waals surface area (Å²) < 4.78 is 24.3. The minimum Gasteiger partial charge on any atom is -0.370 e. The highest BCUT2D eigenvalue weighted by atomic mass is 32.2. The van der Waals surface area contributed by atoms with Crippen molar-refractivity contribution in [2.75, 3.05) is 31.7 Å². The molecule has 0 atom stereocenters. The maximum Gasteiger partial charge on any atom is 0.215 e. The van der Waals surface area contributed by atoms with Crippen molar-refractivity contribution in [3.8, 4) is 0 Å². The molecule has 7 heteroatoms. The number of nitrogens with zero attached hydrogens (tertiary/aromatic N) is 2. The second kappa shape index (κ2) is 6.71. The highest BCUT2D eigenvalue weighted by molar-refractivity contribution is 7.89. The Kier molecular flexibility index (Phi) is 5.52. The van der Waals surface area contributed by atoms with Gasteiger partial charge in [-0.15, -0.1) is 0 Å². The third-order valence-corrected chi connectivity index (χ3v) is 4.78. The van der Waals surface area contributed by atoms with Crippen LogP contribution in [0.3, 0.4) is 0 Å². The Balaban J connectivity index is 2.60. The number of hydrogen-bond donors (Lipinski definition) is 2. The maximum absolute atomic E-state index is 11.5. The van der Waals surface area contributed by atoms with Crippen molar-refractivity contribution in [3.63, 3.8) is 0 Å². The van der Waals surface area contributed by atoms with Gasteiger partial charge in [-0.2, -0.15) is 0 Å². The van der Waals surface area contributed by atoms with E-state index in [1.807, 2.05) is 32.0 Å². The van der Waals surface area contributed by atoms with E-state index in [2.05, 4.69) is 10.3 Å². The number of guanidine groups is 1. The van der Waals surface area contributed by atoms with E-state index in [0.29, 0.717) is 0 Å². The van der Waals surface area contributed by atoms with E-state index in [0.717, 1.165) is 11.3 Å². The first-order chi connectivity index (χ1) is 9.22. The van der Waals surface area contributed by atoms with Gasteiger partial charge in [-0.3, -0.25) is 4.99 Å². The Hall–Kier alpha value is -1.60. The SMILES string of the molecule is Cc1ccc(NC(N)=NCCS(=O)(=O)N(C)C)cc1C. The summed E-state index contributed by atoms with van der Waals surface area (Å²) in [7, 11) is -0.245. The molecule has 1 aromatic carbocycles. The van der Waals surface area contributed by atoms with Crippen molar-refractivity contribution < 1.29 is 8.42 Å². The normalized spacial score (nSPS) is 12.8. The Morgan fingerprint density at radius 2 is 1.95 bits per heavy atom. The third kappa shape index (κ3) is 4.82. The molecule has 0 fully saturated rings. The Bertz CT molecular complexity index is 594. The molecule has 0 spiro atoms. The minimum atomic E-state index is -3.24.